The molecule has 0 aromatic heterocycles. The van der Waals surface area contributed by atoms with Crippen molar-refractivity contribution in [2.75, 3.05) is 13.2 Å². The normalized spacial score (nSPS) is 14.8. The maximum atomic E-state index is 11.8. The minimum atomic E-state index is -0.590. The summed E-state index contributed by atoms with van der Waals surface area (Å²) in [7, 11) is 0. The van der Waals surface area contributed by atoms with Gasteiger partial charge < -0.3 is 14.8 Å². The van der Waals surface area contributed by atoms with Gasteiger partial charge in [-0.05, 0) is 37.8 Å². The SMILES string of the molecule is C[C@@H](NC(=O)COC(=O)COc1ccc(Cl)c2ccccc12)C1CC1. The van der Waals surface area contributed by atoms with Gasteiger partial charge >= 0.3 is 5.97 Å². The summed E-state index contributed by atoms with van der Waals surface area (Å²) in [5.41, 5.74) is 0. The number of amides is 1. The van der Waals surface area contributed by atoms with Crippen LogP contribution in [0.25, 0.3) is 10.8 Å². The Balaban J connectivity index is 1.49. The van der Waals surface area contributed by atoms with Crippen LogP contribution in [0.15, 0.2) is 36.4 Å². The topological polar surface area (TPSA) is 64.6 Å². The van der Waals surface area contributed by atoms with Gasteiger partial charge in [-0.15, -0.1) is 0 Å². The van der Waals surface area contributed by atoms with Crippen molar-refractivity contribution in [1.29, 1.82) is 0 Å². The molecule has 2 aromatic rings. The van der Waals surface area contributed by atoms with E-state index >= 15 is 0 Å². The summed E-state index contributed by atoms with van der Waals surface area (Å²) < 4.78 is 10.5. The maximum Gasteiger partial charge on any atom is 0.344 e. The fourth-order valence-electron chi connectivity index (χ4n) is 2.69. The number of fused-ring (bicyclic) bond motifs is 1. The van der Waals surface area contributed by atoms with Crippen LogP contribution in [0.3, 0.4) is 0 Å². The molecule has 1 fully saturated rings. The summed E-state index contributed by atoms with van der Waals surface area (Å²) in [4.78, 5) is 23.5. The lowest BCUT2D eigenvalue weighted by Gasteiger charge is -2.13. The van der Waals surface area contributed by atoms with Gasteiger partial charge in [0.05, 0.1) is 0 Å². The molecule has 3 rings (SSSR count). The summed E-state index contributed by atoms with van der Waals surface area (Å²) in [6, 6.07) is 11.1. The number of benzene rings is 2. The molecule has 5 nitrogen and oxygen atoms in total. The van der Waals surface area contributed by atoms with Gasteiger partial charge in [-0.1, -0.05) is 35.9 Å². The van der Waals surface area contributed by atoms with E-state index in [1.165, 1.54) is 0 Å². The molecule has 6 heteroatoms. The van der Waals surface area contributed by atoms with Crippen LogP contribution in [-0.2, 0) is 14.3 Å². The Hall–Kier alpha value is -2.27. The number of ether oxygens (including phenoxy) is 2. The van der Waals surface area contributed by atoms with Crippen molar-refractivity contribution in [3.63, 3.8) is 0 Å². The quantitative estimate of drug-likeness (QED) is 0.768. The summed E-state index contributed by atoms with van der Waals surface area (Å²) in [5, 5.41) is 5.12. The van der Waals surface area contributed by atoms with Crippen molar-refractivity contribution >= 4 is 34.2 Å². The van der Waals surface area contributed by atoms with Gasteiger partial charge in [0.25, 0.3) is 5.91 Å². The van der Waals surface area contributed by atoms with Gasteiger partial charge in [-0.2, -0.15) is 0 Å². The van der Waals surface area contributed by atoms with Gasteiger partial charge in [-0.3, -0.25) is 4.79 Å². The predicted octanol–water partition coefficient (Wildman–Crippen LogP) is 3.33. The fraction of sp³-hybridized carbons (Fsp3) is 0.368. The lowest BCUT2D eigenvalue weighted by atomic mass is 10.1. The van der Waals surface area contributed by atoms with Crippen molar-refractivity contribution in [2.24, 2.45) is 5.92 Å². The van der Waals surface area contributed by atoms with Crippen molar-refractivity contribution in [3.8, 4) is 5.75 Å². The van der Waals surface area contributed by atoms with E-state index in [4.69, 9.17) is 21.1 Å². The molecule has 1 amide bonds. The zero-order valence-corrected chi connectivity index (χ0v) is 14.7. The molecule has 2 aromatic carbocycles. The van der Waals surface area contributed by atoms with Crippen LogP contribution < -0.4 is 10.1 Å². The highest BCUT2D eigenvalue weighted by Gasteiger charge is 2.28. The second-order valence-electron chi connectivity index (χ2n) is 6.23. The van der Waals surface area contributed by atoms with Gasteiger partial charge in [0.1, 0.15) is 5.75 Å². The number of nitrogens with one attached hydrogen (secondary N) is 1. The molecule has 0 aliphatic heterocycles. The van der Waals surface area contributed by atoms with Crippen LogP contribution >= 0.6 is 11.6 Å². The van der Waals surface area contributed by atoms with E-state index in [-0.39, 0.29) is 25.2 Å². The third kappa shape index (κ3) is 4.63. The molecule has 0 heterocycles. The molecule has 0 radical (unpaired) electrons. The van der Waals surface area contributed by atoms with Gasteiger partial charge in [0.2, 0.25) is 0 Å². The van der Waals surface area contributed by atoms with Crippen LogP contribution in [-0.4, -0.2) is 31.1 Å². The molecular weight excluding hydrogens is 342 g/mol. The third-order valence-corrected chi connectivity index (χ3v) is 4.59. The molecule has 0 spiro atoms. The molecule has 1 aliphatic rings. The Morgan fingerprint density at radius 2 is 1.88 bits per heavy atom. The second kappa shape index (κ2) is 7.74. The lowest BCUT2D eigenvalue weighted by molar-refractivity contribution is -0.150. The summed E-state index contributed by atoms with van der Waals surface area (Å²) >= 11 is 6.15. The molecule has 1 saturated carbocycles. The monoisotopic (exact) mass is 361 g/mol. The Bertz CT molecular complexity index is 788. The number of halogens is 1. The highest BCUT2D eigenvalue weighted by Crippen LogP contribution is 2.32. The molecule has 1 N–H and O–H groups in total. The first-order chi connectivity index (χ1) is 12.0. The first-order valence-electron chi connectivity index (χ1n) is 8.29. The standard InChI is InChI=1S/C19H20ClNO4/c1-12(13-6-7-13)21-18(22)10-25-19(23)11-24-17-9-8-16(20)14-4-2-3-5-15(14)17/h2-5,8-9,12-13H,6-7,10-11H2,1H3,(H,21,22)/t12-/m1/s1. The smallest absolute Gasteiger partial charge is 0.344 e. The summed E-state index contributed by atoms with van der Waals surface area (Å²) in [5.74, 6) is 0.225. The Kier molecular flexibility index (Phi) is 5.43. The van der Waals surface area contributed by atoms with Crippen molar-refractivity contribution < 1.29 is 19.1 Å². The van der Waals surface area contributed by atoms with E-state index in [1.54, 1.807) is 12.1 Å². The van der Waals surface area contributed by atoms with Crippen LogP contribution in [0.2, 0.25) is 5.02 Å². The molecular formula is C19H20ClNO4. The van der Waals surface area contributed by atoms with Crippen molar-refractivity contribution in [3.05, 3.63) is 41.4 Å². The van der Waals surface area contributed by atoms with E-state index in [9.17, 15) is 9.59 Å². The summed E-state index contributed by atoms with van der Waals surface area (Å²) in [6.45, 7) is 1.41. The average Bonchev–Trinajstić information content (AvgIpc) is 3.45. The molecule has 1 atom stereocenters. The van der Waals surface area contributed by atoms with E-state index in [1.807, 2.05) is 31.2 Å². The van der Waals surface area contributed by atoms with Crippen LogP contribution in [0.5, 0.6) is 5.75 Å². The number of hydrogen-bond donors (Lipinski definition) is 1. The third-order valence-electron chi connectivity index (χ3n) is 4.26. The van der Waals surface area contributed by atoms with Gasteiger partial charge in [0.15, 0.2) is 13.2 Å². The minimum Gasteiger partial charge on any atom is -0.481 e. The number of esters is 1. The van der Waals surface area contributed by atoms with Crippen LogP contribution in [0, 0.1) is 5.92 Å². The molecule has 0 saturated heterocycles. The van der Waals surface area contributed by atoms with E-state index in [0.717, 1.165) is 23.6 Å². The minimum absolute atomic E-state index is 0.128. The zero-order chi connectivity index (χ0) is 17.8. The Morgan fingerprint density at radius 1 is 1.16 bits per heavy atom. The summed E-state index contributed by atoms with van der Waals surface area (Å²) in [6.07, 6.45) is 2.29. The molecule has 132 valence electrons. The molecule has 1 aliphatic carbocycles. The van der Waals surface area contributed by atoms with E-state index in [0.29, 0.717) is 16.7 Å². The fourth-order valence-corrected chi connectivity index (χ4v) is 2.92. The Morgan fingerprint density at radius 3 is 2.60 bits per heavy atom. The second-order valence-corrected chi connectivity index (χ2v) is 6.64. The molecule has 0 unspecified atom stereocenters. The van der Waals surface area contributed by atoms with E-state index < -0.39 is 5.97 Å². The van der Waals surface area contributed by atoms with Crippen LogP contribution in [0.4, 0.5) is 0 Å². The highest BCUT2D eigenvalue weighted by atomic mass is 35.5. The zero-order valence-electron chi connectivity index (χ0n) is 14.0. The van der Waals surface area contributed by atoms with Gasteiger partial charge in [0, 0.05) is 21.8 Å². The molecule has 0 bridgehead atoms. The Labute approximate surface area is 151 Å². The van der Waals surface area contributed by atoms with Gasteiger partial charge in [-0.25, -0.2) is 4.79 Å². The van der Waals surface area contributed by atoms with Crippen LogP contribution in [0.1, 0.15) is 19.8 Å². The largest absolute Gasteiger partial charge is 0.481 e. The predicted molar refractivity (Wildman–Crippen MR) is 95.7 cm³/mol. The first kappa shape index (κ1) is 17.5. The average molecular weight is 362 g/mol. The first-order valence-corrected chi connectivity index (χ1v) is 8.67. The highest BCUT2D eigenvalue weighted by molar-refractivity contribution is 6.35. The van der Waals surface area contributed by atoms with E-state index in [2.05, 4.69) is 5.32 Å². The number of carbonyl (C=O) groups excluding carboxylic acids is 2. The lowest BCUT2D eigenvalue weighted by Crippen LogP contribution is -2.37. The van der Waals surface area contributed by atoms with Crippen molar-refractivity contribution in [2.45, 2.75) is 25.8 Å². The number of hydrogen-bond acceptors (Lipinski definition) is 4. The number of carbonyl (C=O) groups is 2. The number of rotatable bonds is 7. The maximum absolute atomic E-state index is 11.8. The van der Waals surface area contributed by atoms with Crippen molar-refractivity contribution in [1.82, 2.24) is 5.32 Å². The molecule has 25 heavy (non-hydrogen) atoms.